The van der Waals surface area contributed by atoms with Gasteiger partial charge in [0.25, 0.3) is 0 Å². The zero-order chi connectivity index (χ0) is 25.1. The van der Waals surface area contributed by atoms with Crippen molar-refractivity contribution in [2.45, 2.75) is 25.3 Å². The largest absolute Gasteiger partial charge is 0.496 e. The molecule has 1 saturated heterocycles. The number of halogens is 2. The normalized spacial score (nSPS) is 15.2. The third kappa shape index (κ3) is 4.66. The maximum atomic E-state index is 14.6. The van der Waals surface area contributed by atoms with Crippen molar-refractivity contribution in [3.63, 3.8) is 0 Å². The highest BCUT2D eigenvalue weighted by molar-refractivity contribution is 5.97. The van der Waals surface area contributed by atoms with Gasteiger partial charge in [-0.15, -0.1) is 0 Å². The Morgan fingerprint density at radius 2 is 1.94 bits per heavy atom. The van der Waals surface area contributed by atoms with Gasteiger partial charge in [-0.25, -0.2) is 18.7 Å². The molecular weight excluding hydrogens is 462 g/mol. The van der Waals surface area contributed by atoms with Crippen LogP contribution in [0.3, 0.4) is 0 Å². The smallest absolute Gasteiger partial charge is 0.185 e. The van der Waals surface area contributed by atoms with E-state index in [0.717, 1.165) is 30.8 Å². The molecule has 0 aliphatic carbocycles. The van der Waals surface area contributed by atoms with Crippen molar-refractivity contribution >= 4 is 11.5 Å². The minimum absolute atomic E-state index is 0.0460. The lowest BCUT2D eigenvalue weighted by molar-refractivity contribution is 0.0988. The predicted octanol–water partition coefficient (Wildman–Crippen LogP) is 5.59. The quantitative estimate of drug-likeness (QED) is 0.317. The van der Waals surface area contributed by atoms with E-state index < -0.39 is 11.6 Å². The van der Waals surface area contributed by atoms with E-state index in [1.54, 1.807) is 18.3 Å². The van der Waals surface area contributed by atoms with E-state index in [0.29, 0.717) is 5.56 Å². The van der Waals surface area contributed by atoms with Crippen molar-refractivity contribution in [1.82, 2.24) is 15.0 Å². The summed E-state index contributed by atoms with van der Waals surface area (Å²) in [5.74, 6) is -0.989. The molecule has 182 valence electrons. The summed E-state index contributed by atoms with van der Waals surface area (Å²) in [7, 11) is 1.43. The number of pyridine rings is 1. The molecule has 6 nitrogen and oxygen atoms in total. The summed E-state index contributed by atoms with van der Waals surface area (Å²) < 4.78 is 34.1. The van der Waals surface area contributed by atoms with E-state index in [9.17, 15) is 13.6 Å². The van der Waals surface area contributed by atoms with Crippen LogP contribution in [0.25, 0.3) is 11.4 Å². The first-order valence-corrected chi connectivity index (χ1v) is 11.7. The van der Waals surface area contributed by atoms with Crippen LogP contribution in [0.5, 0.6) is 5.75 Å². The number of carbonyl (C=O) groups is 1. The number of carbonyl (C=O) groups excluding carboxylic acids is 1. The fraction of sp³-hybridized carbons (Fsp3) is 0.214. The molecule has 0 bridgehead atoms. The number of ether oxygens (including phenoxy) is 1. The van der Waals surface area contributed by atoms with Crippen molar-refractivity contribution in [1.29, 1.82) is 0 Å². The number of methoxy groups -OCH3 is 1. The second-order valence-corrected chi connectivity index (χ2v) is 8.56. The molecule has 2 aromatic carbocycles. The van der Waals surface area contributed by atoms with Crippen molar-refractivity contribution in [2.75, 3.05) is 18.6 Å². The number of hydrogen-bond acceptors (Lipinski definition) is 6. The van der Waals surface area contributed by atoms with Crippen molar-refractivity contribution in [3.8, 4) is 17.1 Å². The Morgan fingerprint density at radius 1 is 1.06 bits per heavy atom. The fourth-order valence-corrected chi connectivity index (χ4v) is 4.70. The highest BCUT2D eigenvalue weighted by Crippen LogP contribution is 2.37. The number of anilines is 1. The Hall–Kier alpha value is -4.20. The van der Waals surface area contributed by atoms with Gasteiger partial charge >= 0.3 is 0 Å². The highest BCUT2D eigenvalue weighted by Gasteiger charge is 2.29. The minimum atomic E-state index is -0.555. The molecule has 1 aliphatic heterocycles. The van der Waals surface area contributed by atoms with E-state index in [1.807, 2.05) is 18.2 Å². The van der Waals surface area contributed by atoms with Gasteiger partial charge in [0.2, 0.25) is 0 Å². The monoisotopic (exact) mass is 486 g/mol. The van der Waals surface area contributed by atoms with E-state index in [-0.39, 0.29) is 41.1 Å². The topological polar surface area (TPSA) is 68.2 Å². The zero-order valence-electron chi connectivity index (χ0n) is 19.7. The number of ketones is 1. The van der Waals surface area contributed by atoms with Crippen molar-refractivity contribution < 1.29 is 18.3 Å². The molecule has 3 heterocycles. The van der Waals surface area contributed by atoms with Gasteiger partial charge in [-0.2, -0.15) is 0 Å². The Kier molecular flexibility index (Phi) is 6.66. The van der Waals surface area contributed by atoms with Gasteiger partial charge in [-0.3, -0.25) is 9.78 Å². The average Bonchev–Trinajstić information content (AvgIpc) is 3.39. The maximum absolute atomic E-state index is 14.6. The number of aromatic nitrogens is 3. The molecule has 0 radical (unpaired) electrons. The summed E-state index contributed by atoms with van der Waals surface area (Å²) in [4.78, 5) is 28.5. The van der Waals surface area contributed by atoms with E-state index in [4.69, 9.17) is 4.74 Å². The minimum Gasteiger partial charge on any atom is -0.496 e. The van der Waals surface area contributed by atoms with Gasteiger partial charge in [0.05, 0.1) is 24.4 Å². The number of hydrogen-bond donors (Lipinski definition) is 0. The lowest BCUT2D eigenvalue weighted by Gasteiger charge is -2.28. The summed E-state index contributed by atoms with van der Waals surface area (Å²) in [6.45, 7) is 0.777. The fourth-order valence-electron chi connectivity index (χ4n) is 4.70. The van der Waals surface area contributed by atoms with Crippen LogP contribution in [0.2, 0.25) is 0 Å². The molecule has 1 fully saturated rings. The number of benzene rings is 2. The molecule has 1 unspecified atom stereocenters. The number of Topliss-reactive ketones (excluding diaryl/α,β-unsaturated/α-hetero) is 1. The van der Waals surface area contributed by atoms with Crippen LogP contribution in [0.1, 0.15) is 40.6 Å². The summed E-state index contributed by atoms with van der Waals surface area (Å²) in [5.41, 5.74) is 2.49. The van der Waals surface area contributed by atoms with Crippen LogP contribution in [-0.2, 0) is 6.42 Å². The van der Waals surface area contributed by atoms with Gasteiger partial charge in [0.1, 0.15) is 23.1 Å². The lowest BCUT2D eigenvalue weighted by atomic mass is 10.0. The zero-order valence-corrected chi connectivity index (χ0v) is 19.7. The number of nitrogens with zero attached hydrogens (tertiary/aromatic N) is 4. The molecular formula is C28H24F2N4O2. The van der Waals surface area contributed by atoms with Crippen LogP contribution in [0, 0.1) is 11.6 Å². The molecule has 2 aromatic heterocycles. The molecule has 1 aliphatic rings. The Bertz CT molecular complexity index is 1400. The summed E-state index contributed by atoms with van der Waals surface area (Å²) >= 11 is 0. The third-order valence-corrected chi connectivity index (χ3v) is 6.34. The Morgan fingerprint density at radius 3 is 2.75 bits per heavy atom. The highest BCUT2D eigenvalue weighted by atomic mass is 19.1. The van der Waals surface area contributed by atoms with Gasteiger partial charge in [-0.1, -0.05) is 12.1 Å². The molecule has 4 aromatic rings. The molecule has 36 heavy (non-hydrogen) atoms. The van der Waals surface area contributed by atoms with E-state index >= 15 is 0 Å². The van der Waals surface area contributed by atoms with Gasteiger partial charge in [0, 0.05) is 31.0 Å². The van der Waals surface area contributed by atoms with Crippen molar-refractivity contribution in [2.24, 2.45) is 0 Å². The van der Waals surface area contributed by atoms with Crippen LogP contribution in [0.15, 0.2) is 73.1 Å². The first-order valence-electron chi connectivity index (χ1n) is 11.7. The number of rotatable bonds is 7. The standard InChI is InChI=1S/C28H24F2N4O2/c1-36-26-9-4-6-20(30)27(26)28-32-14-12-22(33-28)25(35)17-18-16-19(29)10-11-23(18)34-15-5-8-24(34)21-7-2-3-13-31-21/h2-4,6-7,9-14,16,24H,5,8,15,17H2,1H3. The van der Waals surface area contributed by atoms with Crippen LogP contribution >= 0.6 is 0 Å². The first-order chi connectivity index (χ1) is 17.5. The summed E-state index contributed by atoms with van der Waals surface area (Å²) in [6.07, 6.45) is 4.99. The van der Waals surface area contributed by atoms with Crippen LogP contribution < -0.4 is 9.64 Å². The molecule has 0 spiro atoms. The Balaban J connectivity index is 1.46. The second-order valence-electron chi connectivity index (χ2n) is 8.56. The van der Waals surface area contributed by atoms with E-state index in [1.165, 1.54) is 43.6 Å². The molecule has 8 heteroatoms. The maximum Gasteiger partial charge on any atom is 0.185 e. The van der Waals surface area contributed by atoms with Crippen molar-refractivity contribution in [3.05, 3.63) is 102 Å². The van der Waals surface area contributed by atoms with Crippen LogP contribution in [0.4, 0.5) is 14.5 Å². The summed E-state index contributed by atoms with van der Waals surface area (Å²) in [5, 5.41) is 0. The molecule has 5 rings (SSSR count). The van der Waals surface area contributed by atoms with Crippen LogP contribution in [-0.4, -0.2) is 34.4 Å². The average molecular weight is 487 g/mol. The lowest BCUT2D eigenvalue weighted by Crippen LogP contribution is -2.25. The van der Waals surface area contributed by atoms with E-state index in [2.05, 4.69) is 19.9 Å². The molecule has 0 saturated carbocycles. The first kappa shape index (κ1) is 23.5. The summed E-state index contributed by atoms with van der Waals surface area (Å²) in [6, 6.07) is 16.2. The SMILES string of the molecule is COc1cccc(F)c1-c1nccc(C(=O)Cc2cc(F)ccc2N2CCCC2c2ccccn2)n1. The second kappa shape index (κ2) is 10.2. The van der Waals surface area contributed by atoms with Gasteiger partial charge in [-0.05, 0) is 66.9 Å². The third-order valence-electron chi connectivity index (χ3n) is 6.34. The molecule has 0 amide bonds. The molecule has 1 atom stereocenters. The van der Waals surface area contributed by atoms with Gasteiger partial charge in [0.15, 0.2) is 11.6 Å². The van der Waals surface area contributed by atoms with Gasteiger partial charge < -0.3 is 9.64 Å². The Labute approximate surface area is 207 Å². The predicted molar refractivity (Wildman–Crippen MR) is 132 cm³/mol. The molecule has 0 N–H and O–H groups in total.